The van der Waals surface area contributed by atoms with Gasteiger partial charge in [-0.3, -0.25) is 0 Å². The largest absolute Gasteiger partial charge is 0.333 e. The average Bonchev–Trinajstić information content (AvgIpc) is 2.30. The van der Waals surface area contributed by atoms with Crippen LogP contribution in [0.1, 0.15) is 39.0 Å². The molecule has 0 saturated carbocycles. The van der Waals surface area contributed by atoms with Gasteiger partial charge in [0.2, 0.25) is 0 Å². The first kappa shape index (κ1) is 11.7. The summed E-state index contributed by atoms with van der Waals surface area (Å²) in [5.41, 5.74) is -0.000218. The molecule has 2 fully saturated rings. The molecule has 0 aliphatic carbocycles. The number of hydrogen-bond donors (Lipinski definition) is 2. The van der Waals surface area contributed by atoms with Crippen LogP contribution >= 0.6 is 0 Å². The highest BCUT2D eigenvalue weighted by Gasteiger charge is 2.30. The molecule has 2 aliphatic rings. The van der Waals surface area contributed by atoms with Crippen LogP contribution in [0.2, 0.25) is 0 Å². The van der Waals surface area contributed by atoms with Gasteiger partial charge in [0.1, 0.15) is 0 Å². The molecule has 0 bridgehead atoms. The van der Waals surface area contributed by atoms with E-state index in [2.05, 4.69) is 17.6 Å². The molecular formula is C12H23N3O. The zero-order chi connectivity index (χ0) is 11.4. The Bertz CT molecular complexity index is 243. The van der Waals surface area contributed by atoms with Gasteiger partial charge in [0.25, 0.3) is 0 Å². The minimum Gasteiger partial charge on any atom is -0.333 e. The highest BCUT2D eigenvalue weighted by molar-refractivity contribution is 5.75. The molecule has 2 amide bonds. The van der Waals surface area contributed by atoms with Crippen LogP contribution in [0.4, 0.5) is 4.79 Å². The van der Waals surface area contributed by atoms with Gasteiger partial charge in [-0.2, -0.15) is 0 Å². The van der Waals surface area contributed by atoms with Crippen molar-refractivity contribution in [3.05, 3.63) is 0 Å². The third kappa shape index (κ3) is 2.88. The summed E-state index contributed by atoms with van der Waals surface area (Å²) >= 11 is 0. The topological polar surface area (TPSA) is 44.4 Å². The van der Waals surface area contributed by atoms with Crippen molar-refractivity contribution in [2.24, 2.45) is 0 Å². The SMILES string of the molecule is CC1(NC(=O)N2CCCCC2)CCNCC1. The number of likely N-dealkylation sites (tertiary alicyclic amines) is 1. The van der Waals surface area contributed by atoms with E-state index in [1.807, 2.05) is 4.90 Å². The Kier molecular flexibility index (Phi) is 3.69. The monoisotopic (exact) mass is 225 g/mol. The van der Waals surface area contributed by atoms with E-state index in [1.165, 1.54) is 6.42 Å². The van der Waals surface area contributed by atoms with Gasteiger partial charge in [0.15, 0.2) is 0 Å². The first-order valence-corrected chi connectivity index (χ1v) is 6.47. The minimum absolute atomic E-state index is 0.000218. The molecule has 2 aliphatic heterocycles. The van der Waals surface area contributed by atoms with E-state index in [9.17, 15) is 4.79 Å². The predicted octanol–water partition coefficient (Wildman–Crippen LogP) is 1.32. The number of hydrogen-bond acceptors (Lipinski definition) is 2. The van der Waals surface area contributed by atoms with Crippen LogP contribution in [0.15, 0.2) is 0 Å². The molecule has 16 heavy (non-hydrogen) atoms. The van der Waals surface area contributed by atoms with Crippen molar-refractivity contribution >= 4 is 6.03 Å². The van der Waals surface area contributed by atoms with Crippen LogP contribution < -0.4 is 10.6 Å². The highest BCUT2D eigenvalue weighted by atomic mass is 16.2. The van der Waals surface area contributed by atoms with Crippen LogP contribution in [-0.4, -0.2) is 42.6 Å². The van der Waals surface area contributed by atoms with Crippen molar-refractivity contribution in [2.75, 3.05) is 26.2 Å². The minimum atomic E-state index is -0.000218. The molecule has 2 N–H and O–H groups in total. The number of carbonyl (C=O) groups excluding carboxylic acids is 1. The van der Waals surface area contributed by atoms with E-state index in [0.717, 1.165) is 51.9 Å². The summed E-state index contributed by atoms with van der Waals surface area (Å²) in [6.07, 6.45) is 5.65. The quantitative estimate of drug-likeness (QED) is 0.707. The average molecular weight is 225 g/mol. The van der Waals surface area contributed by atoms with E-state index >= 15 is 0 Å². The number of urea groups is 1. The summed E-state index contributed by atoms with van der Waals surface area (Å²) in [6, 6.07) is 0.143. The van der Waals surface area contributed by atoms with Crippen molar-refractivity contribution in [2.45, 2.75) is 44.6 Å². The summed E-state index contributed by atoms with van der Waals surface area (Å²) < 4.78 is 0. The van der Waals surface area contributed by atoms with Crippen LogP contribution in [0, 0.1) is 0 Å². The summed E-state index contributed by atoms with van der Waals surface area (Å²) in [6.45, 7) is 6.05. The Morgan fingerprint density at radius 1 is 1.19 bits per heavy atom. The lowest BCUT2D eigenvalue weighted by atomic mass is 9.91. The molecule has 2 saturated heterocycles. The van der Waals surface area contributed by atoms with Crippen LogP contribution in [0.5, 0.6) is 0 Å². The summed E-state index contributed by atoms with van der Waals surface area (Å²) in [5, 5.41) is 6.54. The van der Waals surface area contributed by atoms with E-state index in [0.29, 0.717) is 0 Å². The molecule has 0 aromatic rings. The summed E-state index contributed by atoms with van der Waals surface area (Å²) in [4.78, 5) is 14.0. The zero-order valence-corrected chi connectivity index (χ0v) is 10.2. The second-order valence-electron chi connectivity index (χ2n) is 5.29. The van der Waals surface area contributed by atoms with Crippen LogP contribution in [-0.2, 0) is 0 Å². The Balaban J connectivity index is 1.85. The van der Waals surface area contributed by atoms with Crippen molar-refractivity contribution in [3.63, 3.8) is 0 Å². The van der Waals surface area contributed by atoms with Crippen molar-refractivity contribution < 1.29 is 4.79 Å². The first-order valence-electron chi connectivity index (χ1n) is 6.47. The fraction of sp³-hybridized carbons (Fsp3) is 0.917. The molecular weight excluding hydrogens is 202 g/mol. The molecule has 4 nitrogen and oxygen atoms in total. The highest BCUT2D eigenvalue weighted by Crippen LogP contribution is 2.18. The Morgan fingerprint density at radius 3 is 2.44 bits per heavy atom. The fourth-order valence-electron chi connectivity index (χ4n) is 2.54. The molecule has 2 heterocycles. The van der Waals surface area contributed by atoms with Gasteiger partial charge in [-0.15, -0.1) is 0 Å². The maximum atomic E-state index is 12.1. The van der Waals surface area contributed by atoms with Crippen LogP contribution in [0.3, 0.4) is 0 Å². The lowest BCUT2D eigenvalue weighted by Gasteiger charge is -2.37. The van der Waals surface area contributed by atoms with Gasteiger partial charge >= 0.3 is 6.03 Å². The number of nitrogens with one attached hydrogen (secondary N) is 2. The number of piperidine rings is 2. The summed E-state index contributed by atoms with van der Waals surface area (Å²) in [7, 11) is 0. The standard InChI is InChI=1S/C12H23N3O/c1-12(5-7-13-8-6-12)14-11(16)15-9-3-2-4-10-15/h13H,2-10H2,1H3,(H,14,16). The van der Waals surface area contributed by atoms with Gasteiger partial charge in [-0.05, 0) is 52.1 Å². The maximum Gasteiger partial charge on any atom is 0.317 e. The van der Waals surface area contributed by atoms with Gasteiger partial charge in [0.05, 0.1) is 0 Å². The predicted molar refractivity (Wildman–Crippen MR) is 64.5 cm³/mol. The number of rotatable bonds is 1. The third-order valence-electron chi connectivity index (χ3n) is 3.76. The Hall–Kier alpha value is -0.770. The van der Waals surface area contributed by atoms with Crippen molar-refractivity contribution in [3.8, 4) is 0 Å². The van der Waals surface area contributed by atoms with Gasteiger partial charge in [0, 0.05) is 18.6 Å². The molecule has 0 unspecified atom stereocenters. The Morgan fingerprint density at radius 2 is 1.81 bits per heavy atom. The summed E-state index contributed by atoms with van der Waals surface area (Å²) in [5.74, 6) is 0. The number of amides is 2. The molecule has 0 aromatic carbocycles. The lowest BCUT2D eigenvalue weighted by molar-refractivity contribution is 0.166. The fourth-order valence-corrected chi connectivity index (χ4v) is 2.54. The lowest BCUT2D eigenvalue weighted by Crippen LogP contribution is -2.56. The smallest absolute Gasteiger partial charge is 0.317 e. The molecule has 2 rings (SSSR count). The second kappa shape index (κ2) is 5.04. The van der Waals surface area contributed by atoms with Crippen molar-refractivity contribution in [1.29, 1.82) is 0 Å². The maximum absolute atomic E-state index is 12.1. The number of carbonyl (C=O) groups is 1. The molecule has 0 aromatic heterocycles. The van der Waals surface area contributed by atoms with Gasteiger partial charge < -0.3 is 15.5 Å². The zero-order valence-electron chi connectivity index (χ0n) is 10.2. The third-order valence-corrected chi connectivity index (χ3v) is 3.76. The molecule has 0 spiro atoms. The molecule has 0 atom stereocenters. The van der Waals surface area contributed by atoms with Crippen molar-refractivity contribution in [1.82, 2.24) is 15.5 Å². The molecule has 4 heteroatoms. The molecule has 92 valence electrons. The second-order valence-corrected chi connectivity index (χ2v) is 5.29. The van der Waals surface area contributed by atoms with Gasteiger partial charge in [-0.1, -0.05) is 0 Å². The molecule has 0 radical (unpaired) electrons. The Labute approximate surface area is 97.8 Å². The van der Waals surface area contributed by atoms with E-state index in [4.69, 9.17) is 0 Å². The van der Waals surface area contributed by atoms with E-state index in [-0.39, 0.29) is 11.6 Å². The van der Waals surface area contributed by atoms with Gasteiger partial charge in [-0.25, -0.2) is 4.79 Å². The van der Waals surface area contributed by atoms with Crippen LogP contribution in [0.25, 0.3) is 0 Å². The van der Waals surface area contributed by atoms with E-state index < -0.39 is 0 Å². The normalized spacial score (nSPS) is 25.2. The first-order chi connectivity index (χ1) is 7.70. The number of nitrogens with zero attached hydrogens (tertiary/aromatic N) is 1. The van der Waals surface area contributed by atoms with E-state index in [1.54, 1.807) is 0 Å².